The molecule has 2 atom stereocenters. The zero-order valence-electron chi connectivity index (χ0n) is 11.5. The first-order valence-corrected chi connectivity index (χ1v) is 7.73. The summed E-state index contributed by atoms with van der Waals surface area (Å²) < 4.78 is 6.55. The molecule has 1 aliphatic heterocycles. The average molecular weight is 280 g/mol. The van der Waals surface area contributed by atoms with Crippen molar-refractivity contribution in [1.82, 2.24) is 5.32 Å². The highest BCUT2D eigenvalue weighted by Crippen LogP contribution is 2.39. The van der Waals surface area contributed by atoms with Crippen molar-refractivity contribution in [1.29, 1.82) is 0 Å². The van der Waals surface area contributed by atoms with E-state index >= 15 is 0 Å². The van der Waals surface area contributed by atoms with Crippen LogP contribution in [0, 0.1) is 0 Å². The van der Waals surface area contributed by atoms with Crippen LogP contribution in [-0.2, 0) is 4.74 Å². The average Bonchev–Trinajstić information content (AvgIpc) is 2.44. The number of benzene rings is 1. The maximum absolute atomic E-state index is 6.55. The standard InChI is InChI=1S/C16H22ClNO/c1-12-15(13-5-7-14(17)8-6-13)19-16(11-18-12)9-3-2-4-10-16/h5-8,12,15,18H,2-4,9-11H2,1H3. The van der Waals surface area contributed by atoms with E-state index < -0.39 is 0 Å². The summed E-state index contributed by atoms with van der Waals surface area (Å²) in [5, 5.41) is 4.43. The molecule has 2 nitrogen and oxygen atoms in total. The second-order valence-electron chi connectivity index (χ2n) is 6.00. The number of halogens is 1. The molecule has 0 amide bonds. The second kappa shape index (κ2) is 5.43. The van der Waals surface area contributed by atoms with Gasteiger partial charge in [-0.25, -0.2) is 0 Å². The van der Waals surface area contributed by atoms with Gasteiger partial charge in [0.15, 0.2) is 0 Å². The highest BCUT2D eigenvalue weighted by molar-refractivity contribution is 6.30. The summed E-state index contributed by atoms with van der Waals surface area (Å²) in [5.74, 6) is 0. The second-order valence-corrected chi connectivity index (χ2v) is 6.44. The summed E-state index contributed by atoms with van der Waals surface area (Å²) in [6.07, 6.45) is 6.47. The van der Waals surface area contributed by atoms with Crippen molar-refractivity contribution in [3.8, 4) is 0 Å². The molecule has 0 radical (unpaired) electrons. The van der Waals surface area contributed by atoms with Gasteiger partial charge >= 0.3 is 0 Å². The van der Waals surface area contributed by atoms with Crippen LogP contribution in [0.25, 0.3) is 0 Å². The largest absolute Gasteiger partial charge is 0.364 e. The predicted molar refractivity (Wildman–Crippen MR) is 78.6 cm³/mol. The molecule has 19 heavy (non-hydrogen) atoms. The van der Waals surface area contributed by atoms with Gasteiger partial charge in [0.05, 0.1) is 11.7 Å². The van der Waals surface area contributed by atoms with Gasteiger partial charge in [0, 0.05) is 17.6 Å². The zero-order valence-corrected chi connectivity index (χ0v) is 12.2. The Morgan fingerprint density at radius 2 is 1.84 bits per heavy atom. The van der Waals surface area contributed by atoms with E-state index in [0.717, 1.165) is 11.6 Å². The summed E-state index contributed by atoms with van der Waals surface area (Å²) in [6.45, 7) is 3.20. The quantitative estimate of drug-likeness (QED) is 0.836. The lowest BCUT2D eigenvalue weighted by atomic mass is 9.82. The highest BCUT2D eigenvalue weighted by atomic mass is 35.5. The van der Waals surface area contributed by atoms with Gasteiger partial charge in [-0.15, -0.1) is 0 Å². The molecule has 1 saturated heterocycles. The van der Waals surface area contributed by atoms with Crippen LogP contribution in [0.5, 0.6) is 0 Å². The first-order chi connectivity index (χ1) is 9.19. The van der Waals surface area contributed by atoms with Crippen LogP contribution in [0.1, 0.15) is 50.7 Å². The minimum absolute atomic E-state index is 0.0645. The minimum Gasteiger partial charge on any atom is -0.364 e. The molecule has 3 rings (SSSR count). The van der Waals surface area contributed by atoms with Crippen molar-refractivity contribution in [3.63, 3.8) is 0 Å². The Bertz CT molecular complexity index is 425. The van der Waals surface area contributed by atoms with E-state index in [0.29, 0.717) is 6.04 Å². The van der Waals surface area contributed by atoms with Crippen LogP contribution in [0.4, 0.5) is 0 Å². The Balaban J connectivity index is 1.80. The Labute approximate surface area is 120 Å². The van der Waals surface area contributed by atoms with Gasteiger partial charge < -0.3 is 10.1 Å². The van der Waals surface area contributed by atoms with Crippen LogP contribution in [0.2, 0.25) is 5.02 Å². The van der Waals surface area contributed by atoms with E-state index in [9.17, 15) is 0 Å². The molecular weight excluding hydrogens is 258 g/mol. The number of nitrogens with one attached hydrogen (secondary N) is 1. The van der Waals surface area contributed by atoms with Crippen LogP contribution >= 0.6 is 11.6 Å². The van der Waals surface area contributed by atoms with Crippen molar-refractivity contribution < 1.29 is 4.74 Å². The summed E-state index contributed by atoms with van der Waals surface area (Å²) >= 11 is 5.97. The molecule has 0 bridgehead atoms. The fraction of sp³-hybridized carbons (Fsp3) is 0.625. The third kappa shape index (κ3) is 2.81. The molecule has 2 fully saturated rings. The first-order valence-electron chi connectivity index (χ1n) is 7.35. The molecule has 1 aromatic carbocycles. The molecule has 1 aliphatic carbocycles. The molecule has 1 N–H and O–H groups in total. The third-order valence-electron chi connectivity index (χ3n) is 4.54. The molecule has 2 unspecified atom stereocenters. The van der Waals surface area contributed by atoms with Gasteiger partial charge in [0.2, 0.25) is 0 Å². The molecular formula is C16H22ClNO. The Hall–Kier alpha value is -0.570. The lowest BCUT2D eigenvalue weighted by Crippen LogP contribution is -2.55. The lowest BCUT2D eigenvalue weighted by molar-refractivity contribution is -0.151. The summed E-state index contributed by atoms with van der Waals surface area (Å²) in [5.41, 5.74) is 1.30. The molecule has 3 heteroatoms. The Kier molecular flexibility index (Phi) is 3.84. The van der Waals surface area contributed by atoms with Crippen molar-refractivity contribution >= 4 is 11.6 Å². The van der Waals surface area contributed by atoms with Gasteiger partial charge in [-0.2, -0.15) is 0 Å². The van der Waals surface area contributed by atoms with E-state index in [-0.39, 0.29) is 11.7 Å². The van der Waals surface area contributed by atoms with Crippen LogP contribution in [0.3, 0.4) is 0 Å². The number of rotatable bonds is 1. The normalized spacial score (nSPS) is 30.4. The molecule has 1 saturated carbocycles. The van der Waals surface area contributed by atoms with E-state index in [1.807, 2.05) is 12.1 Å². The van der Waals surface area contributed by atoms with Crippen molar-refractivity contribution in [3.05, 3.63) is 34.9 Å². The van der Waals surface area contributed by atoms with Crippen molar-refractivity contribution in [2.24, 2.45) is 0 Å². The number of morpholine rings is 1. The smallest absolute Gasteiger partial charge is 0.0983 e. The summed E-state index contributed by atoms with van der Waals surface area (Å²) in [7, 11) is 0. The maximum Gasteiger partial charge on any atom is 0.0983 e. The third-order valence-corrected chi connectivity index (χ3v) is 4.79. The molecule has 0 aromatic heterocycles. The SMILES string of the molecule is CC1NCC2(CCCCC2)OC1c1ccc(Cl)cc1. The Morgan fingerprint density at radius 1 is 1.16 bits per heavy atom. The fourth-order valence-electron chi connectivity index (χ4n) is 3.37. The van der Waals surface area contributed by atoms with Crippen LogP contribution < -0.4 is 5.32 Å². The van der Waals surface area contributed by atoms with Gasteiger partial charge in [0.25, 0.3) is 0 Å². The molecule has 2 aliphatic rings. The maximum atomic E-state index is 6.55. The summed E-state index contributed by atoms with van der Waals surface area (Å²) in [6, 6.07) is 8.44. The first kappa shape index (κ1) is 13.4. The number of hydrogen-bond acceptors (Lipinski definition) is 2. The number of ether oxygens (including phenoxy) is 1. The zero-order chi connectivity index (χ0) is 13.3. The van der Waals surface area contributed by atoms with E-state index in [1.54, 1.807) is 0 Å². The lowest BCUT2D eigenvalue weighted by Gasteiger charge is -2.47. The van der Waals surface area contributed by atoms with Crippen LogP contribution in [0.15, 0.2) is 24.3 Å². The topological polar surface area (TPSA) is 21.3 Å². The molecule has 1 spiro atoms. The Morgan fingerprint density at radius 3 is 2.53 bits per heavy atom. The van der Waals surface area contributed by atoms with E-state index in [1.165, 1.54) is 37.7 Å². The monoisotopic (exact) mass is 279 g/mol. The van der Waals surface area contributed by atoms with Gasteiger partial charge in [-0.3, -0.25) is 0 Å². The van der Waals surface area contributed by atoms with Crippen LogP contribution in [-0.4, -0.2) is 18.2 Å². The van der Waals surface area contributed by atoms with Gasteiger partial charge in [-0.1, -0.05) is 43.0 Å². The van der Waals surface area contributed by atoms with Crippen molar-refractivity contribution in [2.75, 3.05) is 6.54 Å². The molecule has 1 aromatic rings. The molecule has 104 valence electrons. The minimum atomic E-state index is 0.0645. The predicted octanol–water partition coefficient (Wildman–Crippen LogP) is 4.09. The number of hydrogen-bond donors (Lipinski definition) is 1. The van der Waals surface area contributed by atoms with Crippen molar-refractivity contribution in [2.45, 2.75) is 56.8 Å². The highest BCUT2D eigenvalue weighted by Gasteiger charge is 2.41. The van der Waals surface area contributed by atoms with Gasteiger partial charge in [-0.05, 0) is 37.5 Å². The van der Waals surface area contributed by atoms with E-state index in [2.05, 4.69) is 24.4 Å². The summed E-state index contributed by atoms with van der Waals surface area (Å²) in [4.78, 5) is 0. The molecule has 1 heterocycles. The van der Waals surface area contributed by atoms with E-state index in [4.69, 9.17) is 16.3 Å². The fourth-order valence-corrected chi connectivity index (χ4v) is 3.49. The van der Waals surface area contributed by atoms with Gasteiger partial charge in [0.1, 0.15) is 0 Å².